The van der Waals surface area contributed by atoms with Crippen molar-refractivity contribution in [2.24, 2.45) is 0 Å². The van der Waals surface area contributed by atoms with Gasteiger partial charge in [0.05, 0.1) is 20.8 Å². The monoisotopic (exact) mass is 352 g/mol. The molecule has 2 unspecified atom stereocenters. The Morgan fingerprint density at radius 1 is 1.20 bits per heavy atom. The lowest BCUT2D eigenvalue weighted by Crippen LogP contribution is -2.35. The van der Waals surface area contributed by atoms with Crippen molar-refractivity contribution in [3.8, 4) is 0 Å². The van der Waals surface area contributed by atoms with Crippen LogP contribution >= 0.6 is 34.8 Å². The maximum absolute atomic E-state index is 5.80. The molecule has 0 radical (unpaired) electrons. The minimum absolute atomic E-state index is 0.0287. The van der Waals surface area contributed by atoms with Crippen molar-refractivity contribution >= 4 is 42.9 Å². The molecule has 1 aliphatic heterocycles. The second-order valence-electron chi connectivity index (χ2n) is 6.00. The number of ether oxygens (including phenoxy) is 2. The van der Waals surface area contributed by atoms with E-state index in [0.29, 0.717) is 6.61 Å². The first kappa shape index (κ1) is 16.6. The van der Waals surface area contributed by atoms with E-state index in [0.717, 1.165) is 12.1 Å². The minimum Gasteiger partial charge on any atom is -0.346 e. The number of halogens is 3. The Bertz CT molecular complexity index is 434. The average Bonchev–Trinajstić information content (AvgIpc) is 2.77. The maximum atomic E-state index is 5.80. The van der Waals surface area contributed by atoms with Crippen LogP contribution in [0, 0.1) is 0 Å². The highest BCUT2D eigenvalue weighted by molar-refractivity contribution is 6.77. The molecular formula is C14H19Cl3O2Si. The molecule has 1 aromatic rings. The predicted octanol–water partition coefficient (Wildman–Crippen LogP) is 4.59. The van der Waals surface area contributed by atoms with Crippen LogP contribution in [0.3, 0.4) is 0 Å². The molecule has 0 aromatic heterocycles. The van der Waals surface area contributed by atoms with E-state index >= 15 is 0 Å². The molecule has 1 heterocycles. The lowest BCUT2D eigenvalue weighted by Gasteiger charge is -2.26. The molecule has 0 N–H and O–H groups in total. The van der Waals surface area contributed by atoms with E-state index in [1.54, 1.807) is 0 Å². The van der Waals surface area contributed by atoms with Gasteiger partial charge in [0, 0.05) is 0 Å². The fourth-order valence-corrected chi connectivity index (χ4v) is 5.84. The van der Waals surface area contributed by atoms with E-state index in [1.807, 2.05) is 6.07 Å². The topological polar surface area (TPSA) is 18.5 Å². The van der Waals surface area contributed by atoms with Gasteiger partial charge in [-0.25, -0.2) is 0 Å². The van der Waals surface area contributed by atoms with Crippen molar-refractivity contribution < 1.29 is 9.47 Å². The van der Waals surface area contributed by atoms with Gasteiger partial charge in [-0.3, -0.25) is 0 Å². The van der Waals surface area contributed by atoms with Crippen LogP contribution in [0.5, 0.6) is 0 Å². The van der Waals surface area contributed by atoms with Gasteiger partial charge in [-0.2, -0.15) is 0 Å². The molecule has 0 aliphatic carbocycles. The minimum atomic E-state index is -1.51. The van der Waals surface area contributed by atoms with Crippen molar-refractivity contribution in [1.82, 2.24) is 0 Å². The van der Waals surface area contributed by atoms with Gasteiger partial charge in [0.1, 0.15) is 0 Å². The van der Waals surface area contributed by atoms with E-state index in [2.05, 4.69) is 37.4 Å². The molecule has 20 heavy (non-hydrogen) atoms. The Balaban J connectivity index is 1.90. The summed E-state index contributed by atoms with van der Waals surface area (Å²) >= 11 is 17.4. The molecule has 112 valence electrons. The zero-order chi connectivity index (χ0) is 14.8. The molecule has 1 fully saturated rings. The van der Waals surface area contributed by atoms with Gasteiger partial charge in [-0.1, -0.05) is 83.8 Å². The van der Waals surface area contributed by atoms with Crippen LogP contribution in [0.15, 0.2) is 30.3 Å². The number of benzene rings is 1. The van der Waals surface area contributed by atoms with Gasteiger partial charge in [0.2, 0.25) is 10.1 Å². The number of hydrogen-bond donors (Lipinski definition) is 0. The molecule has 2 atom stereocenters. The molecular weight excluding hydrogens is 335 g/mol. The highest BCUT2D eigenvalue weighted by Gasteiger charge is 2.42. The fourth-order valence-electron chi connectivity index (χ4n) is 2.56. The Kier molecular flexibility index (Phi) is 5.44. The van der Waals surface area contributed by atoms with Crippen LogP contribution in [0.2, 0.25) is 19.1 Å². The third-order valence-corrected chi connectivity index (χ3v) is 6.78. The van der Waals surface area contributed by atoms with Gasteiger partial charge in [-0.05, 0) is 12.1 Å². The Labute approximate surface area is 136 Å². The SMILES string of the molecule is C[Si](C)(Cc1ccccc1)CC1COC(C(Cl)(Cl)Cl)O1. The Morgan fingerprint density at radius 3 is 2.40 bits per heavy atom. The Morgan fingerprint density at radius 2 is 1.85 bits per heavy atom. The second-order valence-corrected chi connectivity index (χ2v) is 13.5. The molecule has 0 amide bonds. The van der Waals surface area contributed by atoms with E-state index in [-0.39, 0.29) is 6.10 Å². The van der Waals surface area contributed by atoms with Crippen LogP contribution in [0.25, 0.3) is 0 Å². The van der Waals surface area contributed by atoms with Crippen LogP contribution in [0.1, 0.15) is 5.56 Å². The van der Waals surface area contributed by atoms with Crippen LogP contribution < -0.4 is 0 Å². The summed E-state index contributed by atoms with van der Waals surface area (Å²) in [5, 5.41) is 0. The van der Waals surface area contributed by atoms with Gasteiger partial charge < -0.3 is 9.47 Å². The number of rotatable bonds is 4. The molecule has 0 bridgehead atoms. The summed E-state index contributed by atoms with van der Waals surface area (Å²) < 4.78 is 9.63. The maximum Gasteiger partial charge on any atom is 0.240 e. The van der Waals surface area contributed by atoms with E-state index in [1.165, 1.54) is 5.56 Å². The van der Waals surface area contributed by atoms with Gasteiger partial charge in [0.25, 0.3) is 0 Å². The number of alkyl halides is 3. The van der Waals surface area contributed by atoms with E-state index < -0.39 is 18.2 Å². The summed E-state index contributed by atoms with van der Waals surface area (Å²) in [7, 11) is -1.43. The third-order valence-electron chi connectivity index (χ3n) is 3.32. The van der Waals surface area contributed by atoms with Crippen LogP contribution in [-0.2, 0) is 15.5 Å². The average molecular weight is 354 g/mol. The molecule has 0 saturated carbocycles. The third kappa shape index (κ3) is 4.90. The van der Waals surface area contributed by atoms with Crippen molar-refractivity contribution in [2.75, 3.05) is 6.61 Å². The molecule has 6 heteroatoms. The van der Waals surface area contributed by atoms with Crippen molar-refractivity contribution in [2.45, 2.75) is 41.4 Å². The predicted molar refractivity (Wildman–Crippen MR) is 87.3 cm³/mol. The summed E-state index contributed by atoms with van der Waals surface area (Å²) in [4.78, 5) is 0. The summed E-state index contributed by atoms with van der Waals surface area (Å²) in [6.07, 6.45) is -0.722. The lowest BCUT2D eigenvalue weighted by atomic mass is 10.2. The molecule has 1 aliphatic rings. The highest BCUT2D eigenvalue weighted by atomic mass is 35.6. The first-order valence-electron chi connectivity index (χ1n) is 6.64. The Hall–Kier alpha value is 0.227. The molecule has 1 aromatic carbocycles. The van der Waals surface area contributed by atoms with Crippen molar-refractivity contribution in [3.63, 3.8) is 0 Å². The summed E-state index contributed by atoms with van der Waals surface area (Å²) in [5.74, 6) is 0. The quantitative estimate of drug-likeness (QED) is 0.582. The largest absolute Gasteiger partial charge is 0.346 e. The summed E-state index contributed by atoms with van der Waals surface area (Å²) in [6, 6.07) is 12.7. The highest BCUT2D eigenvalue weighted by Crippen LogP contribution is 2.37. The summed E-state index contributed by atoms with van der Waals surface area (Å²) in [6.45, 7) is 5.21. The van der Waals surface area contributed by atoms with Crippen LogP contribution in [0.4, 0.5) is 0 Å². The van der Waals surface area contributed by atoms with E-state index in [9.17, 15) is 0 Å². The summed E-state index contributed by atoms with van der Waals surface area (Å²) in [5.41, 5.74) is 1.38. The lowest BCUT2D eigenvalue weighted by molar-refractivity contribution is -0.0505. The normalized spacial score (nSPS) is 24.1. The standard InChI is InChI=1S/C14H19Cl3O2Si/c1-20(2,9-11-6-4-3-5-7-11)10-12-8-18-13(19-12)14(15,16)17/h3-7,12-13H,8-10H2,1-2H3. The van der Waals surface area contributed by atoms with Crippen molar-refractivity contribution in [1.29, 1.82) is 0 Å². The van der Waals surface area contributed by atoms with Crippen molar-refractivity contribution in [3.05, 3.63) is 35.9 Å². The van der Waals surface area contributed by atoms with Gasteiger partial charge >= 0.3 is 0 Å². The fraction of sp³-hybridized carbons (Fsp3) is 0.571. The first-order valence-corrected chi connectivity index (χ1v) is 11.2. The van der Waals surface area contributed by atoms with Gasteiger partial charge in [-0.15, -0.1) is 0 Å². The second kappa shape index (κ2) is 6.55. The zero-order valence-electron chi connectivity index (χ0n) is 11.6. The van der Waals surface area contributed by atoms with Crippen LogP contribution in [-0.4, -0.2) is 30.9 Å². The molecule has 0 spiro atoms. The first-order chi connectivity index (χ1) is 9.26. The molecule has 2 nitrogen and oxygen atoms in total. The van der Waals surface area contributed by atoms with Gasteiger partial charge in [0.15, 0.2) is 0 Å². The molecule has 1 saturated heterocycles. The zero-order valence-corrected chi connectivity index (χ0v) is 14.9. The smallest absolute Gasteiger partial charge is 0.240 e. The number of hydrogen-bond acceptors (Lipinski definition) is 2. The van der Waals surface area contributed by atoms with E-state index in [4.69, 9.17) is 44.3 Å². The molecule has 2 rings (SSSR count).